The minimum atomic E-state index is -1.05. The van der Waals surface area contributed by atoms with Crippen LogP contribution >= 0.6 is 15.9 Å². The van der Waals surface area contributed by atoms with E-state index in [-0.39, 0.29) is 18.5 Å². The van der Waals surface area contributed by atoms with Crippen molar-refractivity contribution in [1.82, 2.24) is 10.2 Å². The molecule has 0 radical (unpaired) electrons. The maximum atomic E-state index is 13.2. The largest absolute Gasteiger partial charge is 0.496 e. The van der Waals surface area contributed by atoms with Crippen LogP contribution in [-0.2, 0) is 29.7 Å². The van der Waals surface area contributed by atoms with Crippen LogP contribution in [0.25, 0.3) is 0 Å². The van der Waals surface area contributed by atoms with E-state index in [0.717, 1.165) is 34.9 Å². The first kappa shape index (κ1) is 18.0. The number of carbonyl (C=O) groups is 2. The van der Waals surface area contributed by atoms with Gasteiger partial charge in [-0.25, -0.2) is 4.79 Å². The zero-order valence-corrected chi connectivity index (χ0v) is 16.9. The first-order valence-electron chi connectivity index (χ1n) is 9.01. The molecule has 1 fully saturated rings. The summed E-state index contributed by atoms with van der Waals surface area (Å²) >= 11 is 3.43. The average molecular weight is 429 g/mol. The second-order valence-corrected chi connectivity index (χ2v) is 8.16. The number of imide groups is 1. The SMILES string of the molecule is COc1ccc(Br)cc1CN1C(=O)N[C@](C)(c2ccc3c(c2)CCC3)C1=O. The van der Waals surface area contributed by atoms with Crippen LogP contribution in [0, 0.1) is 0 Å². The molecule has 4 rings (SSSR count). The molecule has 0 spiro atoms. The number of methoxy groups -OCH3 is 1. The number of nitrogens with one attached hydrogen (secondary N) is 1. The summed E-state index contributed by atoms with van der Waals surface area (Å²) in [5.74, 6) is 0.400. The van der Waals surface area contributed by atoms with Gasteiger partial charge in [0.05, 0.1) is 13.7 Å². The quantitative estimate of drug-likeness (QED) is 0.750. The Morgan fingerprint density at radius 3 is 2.70 bits per heavy atom. The zero-order valence-electron chi connectivity index (χ0n) is 15.3. The summed E-state index contributed by atoms with van der Waals surface area (Å²) in [6.07, 6.45) is 3.26. The second-order valence-electron chi connectivity index (χ2n) is 7.24. The summed E-state index contributed by atoms with van der Waals surface area (Å²) in [7, 11) is 1.58. The van der Waals surface area contributed by atoms with Gasteiger partial charge in [0.25, 0.3) is 5.91 Å². The molecule has 5 nitrogen and oxygen atoms in total. The van der Waals surface area contributed by atoms with Crippen molar-refractivity contribution >= 4 is 27.9 Å². The highest BCUT2D eigenvalue weighted by Gasteiger charge is 2.49. The fraction of sp³-hybridized carbons (Fsp3) is 0.333. The number of fused-ring (bicyclic) bond motifs is 1. The molecule has 6 heteroatoms. The lowest BCUT2D eigenvalue weighted by Crippen LogP contribution is -2.41. The molecule has 1 atom stereocenters. The second kappa shape index (κ2) is 6.68. The van der Waals surface area contributed by atoms with Crippen LogP contribution in [0.3, 0.4) is 0 Å². The highest BCUT2D eigenvalue weighted by molar-refractivity contribution is 9.10. The molecule has 0 bridgehead atoms. The number of hydrogen-bond donors (Lipinski definition) is 1. The van der Waals surface area contributed by atoms with E-state index in [4.69, 9.17) is 4.74 Å². The molecule has 2 aliphatic rings. The smallest absolute Gasteiger partial charge is 0.325 e. The van der Waals surface area contributed by atoms with E-state index in [0.29, 0.717) is 5.75 Å². The topological polar surface area (TPSA) is 58.6 Å². The number of amides is 3. The predicted molar refractivity (Wildman–Crippen MR) is 106 cm³/mol. The molecule has 140 valence electrons. The Labute approximate surface area is 166 Å². The molecular formula is C21H21BrN2O3. The molecule has 0 unspecified atom stereocenters. The average Bonchev–Trinajstić information content (AvgIpc) is 3.20. The molecule has 1 saturated heterocycles. The number of aryl methyl sites for hydroxylation is 2. The monoisotopic (exact) mass is 428 g/mol. The van der Waals surface area contributed by atoms with Gasteiger partial charge in [0.15, 0.2) is 0 Å². The van der Waals surface area contributed by atoms with E-state index in [9.17, 15) is 9.59 Å². The third-order valence-electron chi connectivity index (χ3n) is 5.52. The Kier molecular flexibility index (Phi) is 4.46. The van der Waals surface area contributed by atoms with Gasteiger partial charge in [-0.1, -0.05) is 34.1 Å². The molecule has 1 aliphatic carbocycles. The molecule has 1 N–H and O–H groups in total. The van der Waals surface area contributed by atoms with Crippen molar-refractivity contribution in [2.45, 2.75) is 38.3 Å². The number of carbonyl (C=O) groups excluding carboxylic acids is 2. The number of urea groups is 1. The van der Waals surface area contributed by atoms with Crippen LogP contribution in [0.4, 0.5) is 4.79 Å². The minimum Gasteiger partial charge on any atom is -0.496 e. The van der Waals surface area contributed by atoms with Gasteiger partial charge < -0.3 is 10.1 Å². The summed E-state index contributed by atoms with van der Waals surface area (Å²) in [5, 5.41) is 2.89. The van der Waals surface area contributed by atoms with E-state index in [1.54, 1.807) is 14.0 Å². The van der Waals surface area contributed by atoms with Crippen LogP contribution in [0.2, 0.25) is 0 Å². The van der Waals surface area contributed by atoms with Gasteiger partial charge in [-0.05, 0) is 61.1 Å². The number of halogens is 1. The number of hydrogen-bond acceptors (Lipinski definition) is 3. The fourth-order valence-corrected chi connectivity index (χ4v) is 4.37. The van der Waals surface area contributed by atoms with E-state index in [1.807, 2.05) is 24.3 Å². The van der Waals surface area contributed by atoms with Crippen molar-refractivity contribution in [2.24, 2.45) is 0 Å². The highest BCUT2D eigenvalue weighted by Crippen LogP contribution is 2.34. The number of rotatable bonds is 4. The molecule has 0 aromatic heterocycles. The Bertz CT molecular complexity index is 943. The molecule has 1 heterocycles. The van der Waals surface area contributed by atoms with Crippen molar-refractivity contribution in [1.29, 1.82) is 0 Å². The summed E-state index contributed by atoms with van der Waals surface area (Å²) in [6.45, 7) is 1.94. The maximum Gasteiger partial charge on any atom is 0.325 e. The van der Waals surface area contributed by atoms with Crippen molar-refractivity contribution < 1.29 is 14.3 Å². The number of benzene rings is 2. The summed E-state index contributed by atoms with van der Waals surface area (Å²) in [6, 6.07) is 11.3. The van der Waals surface area contributed by atoms with Gasteiger partial charge in [-0.3, -0.25) is 9.69 Å². The molecule has 0 saturated carbocycles. The fourth-order valence-electron chi connectivity index (χ4n) is 3.96. The maximum absolute atomic E-state index is 13.2. The third kappa shape index (κ3) is 3.02. The number of ether oxygens (including phenoxy) is 1. The third-order valence-corrected chi connectivity index (χ3v) is 6.01. The van der Waals surface area contributed by atoms with Gasteiger partial charge in [0, 0.05) is 10.0 Å². The van der Waals surface area contributed by atoms with Gasteiger partial charge in [0.2, 0.25) is 0 Å². The Hall–Kier alpha value is -2.34. The van der Waals surface area contributed by atoms with E-state index in [2.05, 4.69) is 33.4 Å². The highest BCUT2D eigenvalue weighted by atomic mass is 79.9. The van der Waals surface area contributed by atoms with Crippen LogP contribution < -0.4 is 10.1 Å². The number of nitrogens with zero attached hydrogens (tertiary/aromatic N) is 1. The van der Waals surface area contributed by atoms with Crippen molar-refractivity contribution in [3.63, 3.8) is 0 Å². The zero-order chi connectivity index (χ0) is 19.2. The summed E-state index contributed by atoms with van der Waals surface area (Å²) in [4.78, 5) is 27.1. The predicted octanol–water partition coefficient (Wildman–Crippen LogP) is 3.91. The van der Waals surface area contributed by atoms with Gasteiger partial charge >= 0.3 is 6.03 Å². The van der Waals surface area contributed by atoms with Crippen LogP contribution in [0.15, 0.2) is 40.9 Å². The van der Waals surface area contributed by atoms with Gasteiger partial charge in [-0.2, -0.15) is 0 Å². The lowest BCUT2D eigenvalue weighted by Gasteiger charge is -2.23. The van der Waals surface area contributed by atoms with Crippen LogP contribution in [0.5, 0.6) is 5.75 Å². The van der Waals surface area contributed by atoms with Crippen LogP contribution in [0.1, 0.15) is 35.6 Å². The van der Waals surface area contributed by atoms with Gasteiger partial charge in [-0.15, -0.1) is 0 Å². The Morgan fingerprint density at radius 2 is 1.93 bits per heavy atom. The molecule has 27 heavy (non-hydrogen) atoms. The summed E-state index contributed by atoms with van der Waals surface area (Å²) < 4.78 is 6.24. The Balaban J connectivity index is 1.65. The molecule has 2 aromatic rings. The van der Waals surface area contributed by atoms with E-state index in [1.165, 1.54) is 16.0 Å². The lowest BCUT2D eigenvalue weighted by molar-refractivity contribution is -0.131. The standard InChI is InChI=1S/C21H21BrN2O3/c1-21(16-7-6-13-4-3-5-14(13)10-16)19(25)24(20(26)23-21)12-15-11-17(22)8-9-18(15)27-2/h6-11H,3-5,12H2,1-2H3,(H,23,26)/t21-/m1/s1. The van der Waals surface area contributed by atoms with Crippen molar-refractivity contribution in [3.05, 3.63) is 63.1 Å². The normalized spacial score (nSPS) is 21.4. The summed E-state index contributed by atoms with van der Waals surface area (Å²) in [5.41, 5.74) is 3.19. The first-order chi connectivity index (χ1) is 12.9. The minimum absolute atomic E-state index is 0.161. The van der Waals surface area contributed by atoms with E-state index < -0.39 is 5.54 Å². The van der Waals surface area contributed by atoms with Crippen molar-refractivity contribution in [3.8, 4) is 5.75 Å². The first-order valence-corrected chi connectivity index (χ1v) is 9.80. The van der Waals surface area contributed by atoms with Crippen molar-refractivity contribution in [2.75, 3.05) is 7.11 Å². The molecular weight excluding hydrogens is 408 g/mol. The molecule has 2 aromatic carbocycles. The Morgan fingerprint density at radius 1 is 1.15 bits per heavy atom. The molecule has 3 amide bonds. The van der Waals surface area contributed by atoms with E-state index >= 15 is 0 Å². The van der Waals surface area contributed by atoms with Gasteiger partial charge in [0.1, 0.15) is 11.3 Å². The lowest BCUT2D eigenvalue weighted by atomic mass is 9.89. The molecule has 1 aliphatic heterocycles. The van der Waals surface area contributed by atoms with Crippen LogP contribution in [-0.4, -0.2) is 23.9 Å².